The molecule has 1 saturated heterocycles. The third-order valence-corrected chi connectivity index (χ3v) is 2.78. The van der Waals surface area contributed by atoms with Crippen molar-refractivity contribution in [3.05, 3.63) is 0 Å². The summed E-state index contributed by atoms with van der Waals surface area (Å²) < 4.78 is 9.70. The molecule has 7 heteroatoms. The number of amides is 1. The fourth-order valence-corrected chi connectivity index (χ4v) is 2.02. The number of aliphatic carboxylic acids is 1. The van der Waals surface area contributed by atoms with Crippen molar-refractivity contribution in [1.29, 1.82) is 0 Å². The van der Waals surface area contributed by atoms with E-state index in [9.17, 15) is 19.5 Å². The van der Waals surface area contributed by atoms with Crippen molar-refractivity contribution in [2.24, 2.45) is 5.92 Å². The summed E-state index contributed by atoms with van der Waals surface area (Å²) in [6.45, 7) is 5.23. The summed E-state index contributed by atoms with van der Waals surface area (Å²) in [5, 5.41) is 9.19. The van der Waals surface area contributed by atoms with Crippen molar-refractivity contribution in [3.8, 4) is 0 Å². The first kappa shape index (κ1) is 15.3. The molecule has 0 aliphatic carbocycles. The van der Waals surface area contributed by atoms with Crippen molar-refractivity contribution >= 4 is 18.0 Å². The van der Waals surface area contributed by atoms with Crippen molar-refractivity contribution < 1.29 is 29.0 Å². The Morgan fingerprint density at radius 2 is 1.84 bits per heavy atom. The van der Waals surface area contributed by atoms with Crippen LogP contribution >= 0.6 is 0 Å². The van der Waals surface area contributed by atoms with Crippen LogP contribution in [0, 0.1) is 5.92 Å². The average molecular weight is 273 g/mol. The van der Waals surface area contributed by atoms with Crippen LogP contribution in [-0.4, -0.2) is 53.3 Å². The average Bonchev–Trinajstić information content (AvgIpc) is 2.70. The Bertz CT molecular complexity index is 386. The van der Waals surface area contributed by atoms with E-state index in [1.165, 1.54) is 7.11 Å². The van der Waals surface area contributed by atoms with Gasteiger partial charge in [-0.25, -0.2) is 9.59 Å². The summed E-state index contributed by atoms with van der Waals surface area (Å²) in [6, 6.07) is -1.23. The summed E-state index contributed by atoms with van der Waals surface area (Å²) in [7, 11) is 1.19. The molecule has 0 aromatic heterocycles. The van der Waals surface area contributed by atoms with Crippen LogP contribution in [0.2, 0.25) is 0 Å². The van der Waals surface area contributed by atoms with E-state index in [2.05, 4.69) is 4.74 Å². The van der Waals surface area contributed by atoms with Gasteiger partial charge in [0.25, 0.3) is 0 Å². The van der Waals surface area contributed by atoms with Gasteiger partial charge in [-0.3, -0.25) is 9.69 Å². The lowest BCUT2D eigenvalue weighted by Crippen LogP contribution is -2.47. The van der Waals surface area contributed by atoms with Crippen LogP contribution in [0.5, 0.6) is 0 Å². The van der Waals surface area contributed by atoms with Gasteiger partial charge < -0.3 is 14.6 Å². The van der Waals surface area contributed by atoms with E-state index in [0.29, 0.717) is 0 Å². The Hall–Kier alpha value is -1.79. The first-order valence-electron chi connectivity index (χ1n) is 5.97. The molecule has 1 amide bonds. The highest BCUT2D eigenvalue weighted by Crippen LogP contribution is 2.27. The number of carboxylic acid groups (broad SMARTS) is 1. The highest BCUT2D eigenvalue weighted by atomic mass is 16.6. The predicted molar refractivity (Wildman–Crippen MR) is 64.5 cm³/mol. The van der Waals surface area contributed by atoms with Gasteiger partial charge in [0, 0.05) is 6.54 Å². The fraction of sp³-hybridized carbons (Fsp3) is 0.750. The number of carbonyl (C=O) groups is 3. The molecule has 0 aromatic rings. The molecule has 0 unspecified atom stereocenters. The quantitative estimate of drug-likeness (QED) is 0.750. The monoisotopic (exact) mass is 273 g/mol. The number of carboxylic acids is 1. The second-order valence-corrected chi connectivity index (χ2v) is 5.38. The lowest BCUT2D eigenvalue weighted by molar-refractivity contribution is -0.153. The molecule has 0 spiro atoms. The molecule has 0 aromatic carbocycles. The van der Waals surface area contributed by atoms with Crippen LogP contribution in [0.15, 0.2) is 0 Å². The van der Waals surface area contributed by atoms with Crippen LogP contribution in [-0.2, 0) is 19.1 Å². The van der Waals surface area contributed by atoms with Crippen molar-refractivity contribution in [2.45, 2.75) is 38.8 Å². The molecular weight excluding hydrogens is 254 g/mol. The Labute approximate surface area is 111 Å². The van der Waals surface area contributed by atoms with Crippen molar-refractivity contribution in [3.63, 3.8) is 0 Å². The summed E-state index contributed by atoms with van der Waals surface area (Å²) >= 11 is 0. The lowest BCUT2D eigenvalue weighted by Gasteiger charge is -2.27. The zero-order valence-electron chi connectivity index (χ0n) is 11.5. The molecule has 108 valence electrons. The molecule has 7 nitrogen and oxygen atoms in total. The Balaban J connectivity index is 2.88. The number of nitrogens with zero attached hydrogens (tertiary/aromatic N) is 1. The summed E-state index contributed by atoms with van der Waals surface area (Å²) in [5.41, 5.74) is -0.719. The van der Waals surface area contributed by atoms with Gasteiger partial charge in [-0.05, 0) is 27.2 Å². The maximum Gasteiger partial charge on any atom is 0.411 e. The predicted octanol–water partition coefficient (Wildman–Crippen LogP) is 0.870. The van der Waals surface area contributed by atoms with Crippen LogP contribution in [0.25, 0.3) is 0 Å². The summed E-state index contributed by atoms with van der Waals surface area (Å²) in [6.07, 6.45) is -0.477. The van der Waals surface area contributed by atoms with Gasteiger partial charge in [-0.1, -0.05) is 0 Å². The third-order valence-electron chi connectivity index (χ3n) is 2.78. The normalized spacial score (nSPS) is 23.1. The zero-order valence-corrected chi connectivity index (χ0v) is 11.5. The Morgan fingerprint density at radius 3 is 2.26 bits per heavy atom. The van der Waals surface area contributed by atoms with Gasteiger partial charge in [0.05, 0.1) is 13.0 Å². The third kappa shape index (κ3) is 3.59. The first-order chi connectivity index (χ1) is 8.67. The molecule has 1 rings (SSSR count). The minimum Gasteiger partial charge on any atom is -0.480 e. The first-order valence-corrected chi connectivity index (χ1v) is 5.97. The molecule has 0 bridgehead atoms. The van der Waals surface area contributed by atoms with E-state index in [1.807, 2.05) is 0 Å². The van der Waals surface area contributed by atoms with Gasteiger partial charge in [-0.15, -0.1) is 0 Å². The summed E-state index contributed by atoms with van der Waals surface area (Å²) in [5.74, 6) is -2.72. The maximum absolute atomic E-state index is 11.9. The standard InChI is InChI=1S/C12H19NO6/c1-12(2,3)19-11(17)13-6-5-7(10(16)18-4)8(13)9(14)15/h7-8H,5-6H2,1-4H3,(H,14,15)/t7-,8-/m0/s1. The number of carbonyl (C=O) groups excluding carboxylic acids is 2. The molecule has 1 N–H and O–H groups in total. The van der Waals surface area contributed by atoms with Gasteiger partial charge in [0.15, 0.2) is 0 Å². The second kappa shape index (κ2) is 5.46. The van der Waals surface area contributed by atoms with Gasteiger partial charge in [0.1, 0.15) is 11.6 Å². The smallest absolute Gasteiger partial charge is 0.411 e. The number of hydrogen-bond acceptors (Lipinski definition) is 5. The summed E-state index contributed by atoms with van der Waals surface area (Å²) in [4.78, 5) is 35.8. The fourth-order valence-electron chi connectivity index (χ4n) is 2.02. The lowest BCUT2D eigenvalue weighted by atomic mass is 10.0. The molecule has 1 heterocycles. The van der Waals surface area contributed by atoms with Crippen LogP contribution in [0.1, 0.15) is 27.2 Å². The zero-order chi connectivity index (χ0) is 14.8. The number of rotatable bonds is 2. The molecule has 0 radical (unpaired) electrons. The molecule has 19 heavy (non-hydrogen) atoms. The van der Waals surface area contributed by atoms with Gasteiger partial charge in [0.2, 0.25) is 0 Å². The molecular formula is C12H19NO6. The highest BCUT2D eigenvalue weighted by Gasteiger charge is 2.47. The van der Waals surface area contributed by atoms with E-state index in [1.54, 1.807) is 20.8 Å². The topological polar surface area (TPSA) is 93.1 Å². The minimum atomic E-state index is -1.24. The Morgan fingerprint density at radius 1 is 1.26 bits per heavy atom. The van der Waals surface area contributed by atoms with Crippen molar-refractivity contribution in [2.75, 3.05) is 13.7 Å². The minimum absolute atomic E-state index is 0.158. The van der Waals surface area contributed by atoms with E-state index in [0.717, 1.165) is 4.90 Å². The molecule has 2 atom stereocenters. The second-order valence-electron chi connectivity index (χ2n) is 5.38. The number of methoxy groups -OCH3 is 1. The van der Waals surface area contributed by atoms with E-state index >= 15 is 0 Å². The van der Waals surface area contributed by atoms with Gasteiger partial charge in [-0.2, -0.15) is 0 Å². The molecule has 0 saturated carbocycles. The van der Waals surface area contributed by atoms with E-state index < -0.39 is 35.6 Å². The van der Waals surface area contributed by atoms with Crippen LogP contribution in [0.4, 0.5) is 4.79 Å². The molecule has 1 fully saturated rings. The van der Waals surface area contributed by atoms with Crippen LogP contribution in [0.3, 0.4) is 0 Å². The Kier molecular flexibility index (Phi) is 4.39. The number of likely N-dealkylation sites (tertiary alicyclic amines) is 1. The molecule has 1 aliphatic heterocycles. The largest absolute Gasteiger partial charge is 0.480 e. The SMILES string of the molecule is COC(=O)[C@H]1CCN(C(=O)OC(C)(C)C)[C@@H]1C(=O)O. The number of esters is 1. The van der Waals surface area contributed by atoms with Gasteiger partial charge >= 0.3 is 18.0 Å². The highest BCUT2D eigenvalue weighted by molar-refractivity contribution is 5.88. The van der Waals surface area contributed by atoms with E-state index in [4.69, 9.17) is 4.74 Å². The van der Waals surface area contributed by atoms with E-state index in [-0.39, 0.29) is 13.0 Å². The van der Waals surface area contributed by atoms with Crippen LogP contribution < -0.4 is 0 Å². The van der Waals surface area contributed by atoms with Crippen molar-refractivity contribution in [1.82, 2.24) is 4.90 Å². The maximum atomic E-state index is 11.9. The number of hydrogen-bond donors (Lipinski definition) is 1. The molecule has 1 aliphatic rings. The number of ether oxygens (including phenoxy) is 2.